The van der Waals surface area contributed by atoms with E-state index < -0.39 is 0 Å². The molecule has 3 heteroatoms. The van der Waals surface area contributed by atoms with Crippen molar-refractivity contribution in [1.82, 2.24) is 0 Å². The molecule has 2 nitrogen and oxygen atoms in total. The molecular formula is C24H31NOY. The van der Waals surface area contributed by atoms with Crippen LogP contribution in [0.2, 0.25) is 0 Å². The van der Waals surface area contributed by atoms with E-state index in [0.29, 0.717) is 6.54 Å². The van der Waals surface area contributed by atoms with E-state index >= 15 is 0 Å². The molecule has 27 heavy (non-hydrogen) atoms. The molecule has 0 aliphatic carbocycles. The number of anilines is 1. The van der Waals surface area contributed by atoms with Crippen molar-refractivity contribution >= 4 is 11.6 Å². The second-order valence-corrected chi connectivity index (χ2v) is 5.66. The van der Waals surface area contributed by atoms with Gasteiger partial charge in [0.05, 0.1) is 12.2 Å². The van der Waals surface area contributed by atoms with Crippen LogP contribution in [0.3, 0.4) is 0 Å². The zero-order valence-corrected chi connectivity index (χ0v) is 20.4. The van der Waals surface area contributed by atoms with Gasteiger partial charge in [-0.3, -0.25) is 4.79 Å². The third-order valence-electron chi connectivity index (χ3n) is 4.17. The monoisotopic (exact) mass is 438 g/mol. The normalized spacial score (nSPS) is 11.7. The molecule has 1 aliphatic heterocycles. The quantitative estimate of drug-likeness (QED) is 0.525. The van der Waals surface area contributed by atoms with Gasteiger partial charge in [0.2, 0.25) is 5.91 Å². The van der Waals surface area contributed by atoms with Gasteiger partial charge in [0.15, 0.2) is 0 Å². The van der Waals surface area contributed by atoms with E-state index in [9.17, 15) is 4.79 Å². The van der Waals surface area contributed by atoms with E-state index in [1.807, 2.05) is 88.9 Å². The summed E-state index contributed by atoms with van der Waals surface area (Å²) in [5.41, 5.74) is 3.92. The van der Waals surface area contributed by atoms with Gasteiger partial charge in [-0.1, -0.05) is 83.7 Å². The van der Waals surface area contributed by atoms with Crippen molar-refractivity contribution in [1.29, 1.82) is 0 Å². The Bertz CT molecular complexity index is 773. The number of amides is 1. The van der Waals surface area contributed by atoms with Crippen molar-refractivity contribution < 1.29 is 37.5 Å². The Kier molecular flexibility index (Phi) is 13.0. The molecule has 0 aromatic heterocycles. The molecular weight excluding hydrogens is 407 g/mol. The van der Waals surface area contributed by atoms with Crippen LogP contribution in [0, 0.1) is 17.8 Å². The van der Waals surface area contributed by atoms with Crippen molar-refractivity contribution in [2.75, 3.05) is 4.90 Å². The minimum absolute atomic E-state index is 0. The van der Waals surface area contributed by atoms with Crippen LogP contribution in [-0.4, -0.2) is 5.91 Å². The van der Waals surface area contributed by atoms with Gasteiger partial charge in [-0.05, 0) is 30.2 Å². The summed E-state index contributed by atoms with van der Waals surface area (Å²) in [5.74, 6) is 6.62. The van der Waals surface area contributed by atoms with Crippen LogP contribution < -0.4 is 4.90 Å². The Balaban J connectivity index is 0.00000127. The summed E-state index contributed by atoms with van der Waals surface area (Å²) in [6.07, 6.45) is 0.838. The summed E-state index contributed by atoms with van der Waals surface area (Å²) in [4.78, 5) is 14.7. The summed E-state index contributed by atoms with van der Waals surface area (Å²) in [6.45, 7) is 12.6. The van der Waals surface area contributed by atoms with Crippen LogP contribution >= 0.6 is 0 Å². The molecule has 0 fully saturated rings. The fourth-order valence-electron chi connectivity index (χ4n) is 2.62. The molecule has 141 valence electrons. The van der Waals surface area contributed by atoms with Crippen molar-refractivity contribution in [3.05, 3.63) is 65.2 Å². The van der Waals surface area contributed by atoms with Gasteiger partial charge < -0.3 is 4.90 Å². The maximum Gasteiger partial charge on any atom is 0.230 e. The molecule has 0 N–H and O–H groups in total. The van der Waals surface area contributed by atoms with Gasteiger partial charge in [0, 0.05) is 49.8 Å². The molecule has 1 atom stereocenters. The third-order valence-corrected chi connectivity index (χ3v) is 4.17. The first-order valence-electron chi connectivity index (χ1n) is 9.71. The number of rotatable bonds is 2. The summed E-state index contributed by atoms with van der Waals surface area (Å²) < 4.78 is 0. The van der Waals surface area contributed by atoms with Gasteiger partial charge in [-0.2, -0.15) is 0 Å². The Hall–Kier alpha value is -1.43. The molecule has 1 amide bonds. The zero-order chi connectivity index (χ0) is 19.5. The van der Waals surface area contributed by atoms with Gasteiger partial charge in [0.1, 0.15) is 0 Å². The number of hydrogen-bond acceptors (Lipinski definition) is 1. The summed E-state index contributed by atoms with van der Waals surface area (Å²) in [6, 6.07) is 15.9. The van der Waals surface area contributed by atoms with E-state index in [0.717, 1.165) is 28.8 Å². The average Bonchev–Trinajstić information content (AvgIpc) is 2.71. The summed E-state index contributed by atoms with van der Waals surface area (Å²) >= 11 is 0. The Morgan fingerprint density at radius 2 is 1.48 bits per heavy atom. The predicted octanol–water partition coefficient (Wildman–Crippen LogP) is 6.03. The van der Waals surface area contributed by atoms with E-state index in [-0.39, 0.29) is 44.5 Å². The molecule has 1 aliphatic rings. The van der Waals surface area contributed by atoms with Crippen LogP contribution in [0.15, 0.2) is 48.5 Å². The van der Waals surface area contributed by atoms with E-state index in [2.05, 4.69) is 17.9 Å². The van der Waals surface area contributed by atoms with Crippen molar-refractivity contribution in [2.24, 2.45) is 5.92 Å². The summed E-state index contributed by atoms with van der Waals surface area (Å²) in [5, 5.41) is 0. The number of benzene rings is 2. The second kappa shape index (κ2) is 13.7. The first-order chi connectivity index (χ1) is 12.7. The Morgan fingerprint density at radius 3 is 2.11 bits per heavy atom. The largest absolute Gasteiger partial charge is 0.306 e. The minimum Gasteiger partial charge on any atom is -0.306 e. The third kappa shape index (κ3) is 6.60. The van der Waals surface area contributed by atoms with Gasteiger partial charge >= 0.3 is 0 Å². The molecule has 2 aromatic carbocycles. The Labute approximate surface area is 190 Å². The topological polar surface area (TPSA) is 20.3 Å². The molecule has 0 spiro atoms. The number of para-hydroxylation sites is 1. The summed E-state index contributed by atoms with van der Waals surface area (Å²) in [7, 11) is 0. The fourth-order valence-corrected chi connectivity index (χ4v) is 2.62. The second-order valence-electron chi connectivity index (χ2n) is 5.66. The van der Waals surface area contributed by atoms with E-state index in [1.165, 1.54) is 0 Å². The smallest absolute Gasteiger partial charge is 0.230 e. The fraction of sp³-hybridized carbons (Fsp3) is 0.375. The molecule has 0 saturated heterocycles. The molecule has 2 aromatic rings. The first-order valence-corrected chi connectivity index (χ1v) is 9.71. The molecule has 1 radical (unpaired) electrons. The zero-order valence-electron chi connectivity index (χ0n) is 17.5. The molecule has 3 rings (SSSR count). The standard InChI is InChI=1S/C20H19NO.2C2H6.Y/c1-3-15(2)20(22)21-14-18-10-5-4-8-16(18)12-13-17-9-6-7-11-19(17)21;2*1-2;/h4-11,15H,3,14H2,1-2H3;2*1-2H3;/t15-;;;/m1.../s1. The van der Waals surface area contributed by atoms with Crippen LogP contribution in [0.25, 0.3) is 0 Å². The van der Waals surface area contributed by atoms with Crippen molar-refractivity contribution in [3.8, 4) is 11.8 Å². The van der Waals surface area contributed by atoms with Crippen LogP contribution in [0.1, 0.15) is 64.7 Å². The maximum atomic E-state index is 12.8. The number of carbonyl (C=O) groups excluding carboxylic acids is 1. The average molecular weight is 438 g/mol. The van der Waals surface area contributed by atoms with Crippen LogP contribution in [0.4, 0.5) is 5.69 Å². The van der Waals surface area contributed by atoms with Crippen molar-refractivity contribution in [2.45, 2.75) is 54.5 Å². The first kappa shape index (κ1) is 25.6. The predicted molar refractivity (Wildman–Crippen MR) is 112 cm³/mol. The van der Waals surface area contributed by atoms with Crippen LogP contribution in [0.5, 0.6) is 0 Å². The van der Waals surface area contributed by atoms with Crippen LogP contribution in [-0.2, 0) is 44.0 Å². The maximum absolute atomic E-state index is 12.8. The number of hydrogen-bond donors (Lipinski definition) is 0. The molecule has 0 unspecified atom stereocenters. The molecule has 0 bridgehead atoms. The molecule has 1 heterocycles. The number of nitrogens with zero attached hydrogens (tertiary/aromatic N) is 1. The number of fused-ring (bicyclic) bond motifs is 2. The number of carbonyl (C=O) groups is 1. The van der Waals surface area contributed by atoms with E-state index in [4.69, 9.17) is 0 Å². The SMILES string of the molecule is CC.CC.CC[C@@H](C)C(=O)N1Cc2ccccc2C#Cc2ccccc21.[Y]. The minimum atomic E-state index is 0. The van der Waals surface area contributed by atoms with E-state index in [1.54, 1.807) is 0 Å². The van der Waals surface area contributed by atoms with Gasteiger partial charge in [-0.15, -0.1) is 0 Å². The van der Waals surface area contributed by atoms with Gasteiger partial charge in [0.25, 0.3) is 0 Å². The molecule has 0 saturated carbocycles. The Morgan fingerprint density at radius 1 is 0.963 bits per heavy atom. The van der Waals surface area contributed by atoms with Gasteiger partial charge in [-0.25, -0.2) is 0 Å². The van der Waals surface area contributed by atoms with Crippen molar-refractivity contribution in [3.63, 3.8) is 0 Å².